The smallest absolute Gasteiger partial charge is 0.251 e. The molecular weight excluding hydrogens is 394 g/mol. The van der Waals surface area contributed by atoms with E-state index < -0.39 is 0 Å². The van der Waals surface area contributed by atoms with E-state index in [4.69, 9.17) is 0 Å². The van der Waals surface area contributed by atoms with Crippen LogP contribution in [0.2, 0.25) is 0 Å². The second kappa shape index (κ2) is 11.1. The zero-order valence-electron chi connectivity index (χ0n) is 17.0. The molecule has 0 saturated heterocycles. The number of carbonyl (C=O) groups is 1. The molecule has 3 aromatic rings. The summed E-state index contributed by atoms with van der Waals surface area (Å²) in [7, 11) is 0. The van der Waals surface area contributed by atoms with Crippen molar-refractivity contribution in [3.8, 4) is 0 Å². The standard InChI is InChI=1S/C25H27NOS2/c1-19-6-12-24(13-7-19)29-18-21-8-10-23(11-9-21)25(27)26-14-15-28-17-22-5-3-4-20(2)16-22/h3-13,16H,14-15,17-18H2,1-2H3,(H,26,27). The maximum atomic E-state index is 12.3. The molecule has 1 N–H and O–H groups in total. The van der Waals surface area contributed by atoms with Crippen LogP contribution < -0.4 is 5.32 Å². The quantitative estimate of drug-likeness (QED) is 0.327. The highest BCUT2D eigenvalue weighted by atomic mass is 32.2. The summed E-state index contributed by atoms with van der Waals surface area (Å²) in [4.78, 5) is 13.6. The minimum atomic E-state index is -0.00102. The van der Waals surface area contributed by atoms with Crippen LogP contribution in [0.25, 0.3) is 0 Å². The van der Waals surface area contributed by atoms with Crippen LogP contribution in [0.5, 0.6) is 0 Å². The van der Waals surface area contributed by atoms with Gasteiger partial charge in [-0.3, -0.25) is 4.79 Å². The molecule has 0 saturated carbocycles. The number of thioether (sulfide) groups is 2. The van der Waals surface area contributed by atoms with Crippen molar-refractivity contribution >= 4 is 29.4 Å². The summed E-state index contributed by atoms with van der Waals surface area (Å²) >= 11 is 3.65. The summed E-state index contributed by atoms with van der Waals surface area (Å²) < 4.78 is 0. The monoisotopic (exact) mass is 421 g/mol. The van der Waals surface area contributed by atoms with Crippen molar-refractivity contribution in [3.63, 3.8) is 0 Å². The number of hydrogen-bond donors (Lipinski definition) is 1. The first-order valence-electron chi connectivity index (χ1n) is 9.80. The molecule has 0 atom stereocenters. The van der Waals surface area contributed by atoms with Gasteiger partial charge in [0.15, 0.2) is 0 Å². The summed E-state index contributed by atoms with van der Waals surface area (Å²) in [5.41, 5.74) is 5.84. The summed E-state index contributed by atoms with van der Waals surface area (Å²) in [6.45, 7) is 4.89. The van der Waals surface area contributed by atoms with Crippen LogP contribution in [0.15, 0.2) is 77.7 Å². The lowest BCUT2D eigenvalue weighted by molar-refractivity contribution is 0.0956. The lowest BCUT2D eigenvalue weighted by atomic mass is 10.1. The Morgan fingerprint density at radius 3 is 2.31 bits per heavy atom. The van der Waals surface area contributed by atoms with Crippen molar-refractivity contribution in [1.29, 1.82) is 0 Å². The second-order valence-electron chi connectivity index (χ2n) is 7.10. The Hall–Kier alpha value is -2.17. The molecule has 0 aliphatic rings. The van der Waals surface area contributed by atoms with Gasteiger partial charge in [-0.15, -0.1) is 11.8 Å². The van der Waals surface area contributed by atoms with Gasteiger partial charge in [0, 0.05) is 34.3 Å². The van der Waals surface area contributed by atoms with Crippen LogP contribution in [-0.2, 0) is 11.5 Å². The third kappa shape index (κ3) is 7.30. The number of nitrogens with one attached hydrogen (secondary N) is 1. The van der Waals surface area contributed by atoms with E-state index in [0.717, 1.165) is 22.8 Å². The summed E-state index contributed by atoms with van der Waals surface area (Å²) in [6.07, 6.45) is 0. The summed E-state index contributed by atoms with van der Waals surface area (Å²) in [5, 5.41) is 3.01. The molecule has 0 aliphatic carbocycles. The first-order chi connectivity index (χ1) is 14.1. The van der Waals surface area contributed by atoms with Gasteiger partial charge in [0.05, 0.1) is 0 Å². The molecule has 0 aliphatic heterocycles. The lowest BCUT2D eigenvalue weighted by Crippen LogP contribution is -2.25. The summed E-state index contributed by atoms with van der Waals surface area (Å²) in [6, 6.07) is 25.1. The average molecular weight is 422 g/mol. The second-order valence-corrected chi connectivity index (χ2v) is 9.25. The van der Waals surface area contributed by atoms with Gasteiger partial charge >= 0.3 is 0 Å². The number of rotatable bonds is 9. The van der Waals surface area contributed by atoms with Gasteiger partial charge in [0.1, 0.15) is 0 Å². The maximum absolute atomic E-state index is 12.3. The van der Waals surface area contributed by atoms with Crippen molar-refractivity contribution in [2.24, 2.45) is 0 Å². The molecule has 150 valence electrons. The predicted molar refractivity (Wildman–Crippen MR) is 127 cm³/mol. The number of hydrogen-bond acceptors (Lipinski definition) is 3. The number of benzene rings is 3. The maximum Gasteiger partial charge on any atom is 0.251 e. The number of aryl methyl sites for hydroxylation is 2. The molecule has 3 rings (SSSR count). The Balaban J connectivity index is 1.37. The van der Waals surface area contributed by atoms with Crippen molar-refractivity contribution < 1.29 is 4.79 Å². The number of amides is 1. The zero-order chi connectivity index (χ0) is 20.5. The Labute approximate surface area is 182 Å². The van der Waals surface area contributed by atoms with Crippen molar-refractivity contribution in [2.75, 3.05) is 12.3 Å². The highest BCUT2D eigenvalue weighted by Gasteiger charge is 2.05. The molecule has 0 unspecified atom stereocenters. The first kappa shape index (κ1) is 21.5. The van der Waals surface area contributed by atoms with Crippen LogP contribution in [-0.4, -0.2) is 18.2 Å². The van der Waals surface area contributed by atoms with Gasteiger partial charge in [-0.2, -0.15) is 11.8 Å². The van der Waals surface area contributed by atoms with Crippen LogP contribution in [0.1, 0.15) is 32.6 Å². The van der Waals surface area contributed by atoms with E-state index in [0.29, 0.717) is 6.54 Å². The molecule has 3 aromatic carbocycles. The Bertz CT molecular complexity index is 920. The third-order valence-corrected chi connectivity index (χ3v) is 6.64. The zero-order valence-corrected chi connectivity index (χ0v) is 18.6. The van der Waals surface area contributed by atoms with Gasteiger partial charge in [-0.05, 0) is 49.2 Å². The van der Waals surface area contributed by atoms with Crippen LogP contribution in [0.3, 0.4) is 0 Å². The molecule has 29 heavy (non-hydrogen) atoms. The molecular formula is C25H27NOS2. The molecule has 0 radical (unpaired) electrons. The summed E-state index contributed by atoms with van der Waals surface area (Å²) in [5.74, 6) is 2.79. The minimum absolute atomic E-state index is 0.00102. The Morgan fingerprint density at radius 2 is 1.59 bits per heavy atom. The first-order valence-corrected chi connectivity index (χ1v) is 11.9. The van der Waals surface area contributed by atoms with E-state index >= 15 is 0 Å². The normalized spacial score (nSPS) is 10.7. The molecule has 0 fully saturated rings. The fourth-order valence-electron chi connectivity index (χ4n) is 2.88. The minimum Gasteiger partial charge on any atom is -0.351 e. The highest BCUT2D eigenvalue weighted by Crippen LogP contribution is 2.23. The Kier molecular flexibility index (Phi) is 8.26. The topological polar surface area (TPSA) is 29.1 Å². The van der Waals surface area contributed by atoms with E-state index in [2.05, 4.69) is 67.7 Å². The molecule has 4 heteroatoms. The van der Waals surface area contributed by atoms with E-state index in [1.807, 2.05) is 47.8 Å². The molecule has 0 heterocycles. The van der Waals surface area contributed by atoms with Crippen LogP contribution >= 0.6 is 23.5 Å². The van der Waals surface area contributed by atoms with Crippen LogP contribution in [0.4, 0.5) is 0 Å². The van der Waals surface area contributed by atoms with Gasteiger partial charge in [-0.25, -0.2) is 0 Å². The van der Waals surface area contributed by atoms with E-state index in [9.17, 15) is 4.79 Å². The van der Waals surface area contributed by atoms with E-state index in [1.165, 1.54) is 27.1 Å². The fraction of sp³-hybridized carbons (Fsp3) is 0.240. The molecule has 0 bridgehead atoms. The average Bonchev–Trinajstić information content (AvgIpc) is 2.73. The predicted octanol–water partition coefficient (Wildman–Crippen LogP) is 6.26. The third-order valence-electron chi connectivity index (χ3n) is 4.53. The number of carbonyl (C=O) groups excluding carboxylic acids is 1. The molecule has 0 spiro atoms. The lowest BCUT2D eigenvalue weighted by Gasteiger charge is -2.07. The molecule has 0 aromatic heterocycles. The van der Waals surface area contributed by atoms with E-state index in [-0.39, 0.29) is 5.91 Å². The van der Waals surface area contributed by atoms with Crippen molar-refractivity contribution in [2.45, 2.75) is 30.2 Å². The van der Waals surface area contributed by atoms with Crippen LogP contribution in [0, 0.1) is 13.8 Å². The largest absolute Gasteiger partial charge is 0.351 e. The van der Waals surface area contributed by atoms with Crippen molar-refractivity contribution in [3.05, 3.63) is 101 Å². The van der Waals surface area contributed by atoms with Gasteiger partial charge in [0.2, 0.25) is 0 Å². The highest BCUT2D eigenvalue weighted by molar-refractivity contribution is 7.98. The van der Waals surface area contributed by atoms with Crippen molar-refractivity contribution in [1.82, 2.24) is 5.32 Å². The fourth-order valence-corrected chi connectivity index (χ4v) is 4.54. The molecule has 1 amide bonds. The Morgan fingerprint density at radius 1 is 0.828 bits per heavy atom. The molecule has 2 nitrogen and oxygen atoms in total. The van der Waals surface area contributed by atoms with E-state index in [1.54, 1.807) is 0 Å². The van der Waals surface area contributed by atoms with Gasteiger partial charge in [0.25, 0.3) is 5.91 Å². The van der Waals surface area contributed by atoms with Gasteiger partial charge in [-0.1, -0.05) is 59.7 Å². The van der Waals surface area contributed by atoms with Gasteiger partial charge < -0.3 is 5.32 Å². The SMILES string of the molecule is Cc1ccc(SCc2ccc(C(=O)NCCSCc3cccc(C)c3)cc2)cc1.